The van der Waals surface area contributed by atoms with E-state index < -0.39 is 5.97 Å². The van der Waals surface area contributed by atoms with Gasteiger partial charge in [-0.15, -0.1) is 11.8 Å². The molecular formula is C10H19NO4S. The van der Waals surface area contributed by atoms with E-state index in [0.717, 1.165) is 0 Å². The van der Waals surface area contributed by atoms with Gasteiger partial charge >= 0.3 is 5.97 Å². The number of amides is 1. The van der Waals surface area contributed by atoms with E-state index in [1.807, 2.05) is 13.8 Å². The number of ether oxygens (including phenoxy) is 1. The van der Waals surface area contributed by atoms with Crippen molar-refractivity contribution in [2.45, 2.75) is 19.1 Å². The molecule has 0 aliphatic rings. The number of thioether (sulfide) groups is 1. The molecule has 0 spiro atoms. The topological polar surface area (TPSA) is 66.8 Å². The number of carboxylic acid groups (broad SMARTS) is 1. The molecule has 0 aromatic carbocycles. The highest BCUT2D eigenvalue weighted by Crippen LogP contribution is 2.09. The summed E-state index contributed by atoms with van der Waals surface area (Å²) in [5.41, 5.74) is 0. The molecule has 0 aromatic rings. The summed E-state index contributed by atoms with van der Waals surface area (Å²) in [4.78, 5) is 23.6. The number of hydrogen-bond acceptors (Lipinski definition) is 4. The van der Waals surface area contributed by atoms with Crippen molar-refractivity contribution in [3.05, 3.63) is 0 Å². The quantitative estimate of drug-likeness (QED) is 0.685. The Hall–Kier alpha value is -0.750. The molecule has 0 aliphatic carbocycles. The van der Waals surface area contributed by atoms with Crippen molar-refractivity contribution >= 4 is 23.6 Å². The van der Waals surface area contributed by atoms with Crippen molar-refractivity contribution in [1.82, 2.24) is 4.90 Å². The Kier molecular flexibility index (Phi) is 8.01. The smallest absolute Gasteiger partial charge is 0.323 e. The highest BCUT2D eigenvalue weighted by Gasteiger charge is 2.16. The van der Waals surface area contributed by atoms with Crippen LogP contribution in [0.4, 0.5) is 0 Å². The molecule has 0 rings (SSSR count). The normalized spacial score (nSPS) is 10.5. The summed E-state index contributed by atoms with van der Waals surface area (Å²) in [6.07, 6.45) is 0. The van der Waals surface area contributed by atoms with Crippen LogP contribution in [0.5, 0.6) is 0 Å². The lowest BCUT2D eigenvalue weighted by atomic mass is 10.4. The molecule has 0 fully saturated rings. The third-order valence-electron chi connectivity index (χ3n) is 1.78. The average molecular weight is 249 g/mol. The van der Waals surface area contributed by atoms with E-state index in [1.54, 1.807) is 0 Å². The number of carbonyl (C=O) groups excluding carboxylic acids is 1. The van der Waals surface area contributed by atoms with Crippen molar-refractivity contribution in [1.29, 1.82) is 0 Å². The maximum absolute atomic E-state index is 11.7. The van der Waals surface area contributed by atoms with Gasteiger partial charge in [0.15, 0.2) is 0 Å². The summed E-state index contributed by atoms with van der Waals surface area (Å²) in [6.45, 7) is 4.40. The van der Waals surface area contributed by atoms with E-state index in [4.69, 9.17) is 9.84 Å². The number of carboxylic acids is 1. The first-order valence-corrected chi connectivity index (χ1v) is 6.12. The Morgan fingerprint density at radius 1 is 1.44 bits per heavy atom. The highest BCUT2D eigenvalue weighted by molar-refractivity contribution is 8.00. The zero-order valence-corrected chi connectivity index (χ0v) is 10.7. The molecule has 0 unspecified atom stereocenters. The van der Waals surface area contributed by atoms with E-state index in [9.17, 15) is 9.59 Å². The number of carbonyl (C=O) groups is 2. The SMILES string of the molecule is COCCN(CC(=O)O)C(=O)CSC(C)C. The summed E-state index contributed by atoms with van der Waals surface area (Å²) in [5.74, 6) is -0.841. The van der Waals surface area contributed by atoms with Gasteiger partial charge in [-0.2, -0.15) is 0 Å². The second-order valence-electron chi connectivity index (χ2n) is 3.56. The molecule has 0 radical (unpaired) electrons. The standard InChI is InChI=1S/C10H19NO4S/c1-8(2)16-7-9(12)11(4-5-15-3)6-10(13)14/h8H,4-7H2,1-3H3,(H,13,14). The van der Waals surface area contributed by atoms with Crippen LogP contribution >= 0.6 is 11.8 Å². The first kappa shape index (κ1) is 15.2. The van der Waals surface area contributed by atoms with Crippen molar-refractivity contribution in [3.8, 4) is 0 Å². The third-order valence-corrected chi connectivity index (χ3v) is 2.86. The first-order chi connectivity index (χ1) is 7.47. The number of hydrogen-bond donors (Lipinski definition) is 1. The van der Waals surface area contributed by atoms with E-state index >= 15 is 0 Å². The van der Waals surface area contributed by atoms with Gasteiger partial charge < -0.3 is 14.7 Å². The minimum atomic E-state index is -1.00. The Morgan fingerprint density at radius 3 is 2.50 bits per heavy atom. The van der Waals surface area contributed by atoms with Crippen LogP contribution < -0.4 is 0 Å². The number of nitrogens with zero attached hydrogens (tertiary/aromatic N) is 1. The van der Waals surface area contributed by atoms with Crippen LogP contribution in [-0.4, -0.2) is 59.7 Å². The Bertz CT molecular complexity index is 233. The predicted octanol–water partition coefficient (Wildman–Crippen LogP) is 0.688. The first-order valence-electron chi connectivity index (χ1n) is 5.07. The van der Waals surface area contributed by atoms with Gasteiger partial charge in [0, 0.05) is 13.7 Å². The van der Waals surface area contributed by atoms with Crippen LogP contribution in [0, 0.1) is 0 Å². The number of aliphatic carboxylic acids is 1. The van der Waals surface area contributed by atoms with Crippen LogP contribution in [0.3, 0.4) is 0 Å². The monoisotopic (exact) mass is 249 g/mol. The summed E-state index contributed by atoms with van der Waals surface area (Å²) < 4.78 is 4.84. The molecule has 94 valence electrons. The lowest BCUT2D eigenvalue weighted by molar-refractivity contribution is -0.143. The fraction of sp³-hybridized carbons (Fsp3) is 0.800. The fourth-order valence-electron chi connectivity index (χ4n) is 0.986. The second kappa shape index (κ2) is 8.41. The molecule has 0 aromatic heterocycles. The molecule has 1 amide bonds. The lowest BCUT2D eigenvalue weighted by Crippen LogP contribution is -2.39. The van der Waals surface area contributed by atoms with Crippen molar-refractivity contribution < 1.29 is 19.4 Å². The van der Waals surface area contributed by atoms with Crippen LogP contribution in [0.2, 0.25) is 0 Å². The molecule has 0 bridgehead atoms. The molecule has 5 nitrogen and oxygen atoms in total. The van der Waals surface area contributed by atoms with Crippen molar-refractivity contribution in [2.24, 2.45) is 0 Å². The molecule has 0 aliphatic heterocycles. The summed E-state index contributed by atoms with van der Waals surface area (Å²) >= 11 is 1.50. The maximum Gasteiger partial charge on any atom is 0.323 e. The second-order valence-corrected chi connectivity index (χ2v) is 5.13. The molecule has 0 heterocycles. The molecule has 0 saturated carbocycles. The predicted molar refractivity (Wildman–Crippen MR) is 63.7 cm³/mol. The van der Waals surface area contributed by atoms with Gasteiger partial charge in [0.2, 0.25) is 5.91 Å². The number of methoxy groups -OCH3 is 1. The molecule has 0 atom stereocenters. The number of rotatable bonds is 8. The Balaban J connectivity index is 4.14. The highest BCUT2D eigenvalue weighted by atomic mass is 32.2. The summed E-state index contributed by atoms with van der Waals surface area (Å²) in [5, 5.41) is 9.03. The fourth-order valence-corrected chi connectivity index (χ4v) is 1.64. The zero-order valence-electron chi connectivity index (χ0n) is 9.93. The lowest BCUT2D eigenvalue weighted by Gasteiger charge is -2.20. The van der Waals surface area contributed by atoms with E-state index in [-0.39, 0.29) is 12.5 Å². The van der Waals surface area contributed by atoms with Gasteiger partial charge in [0.1, 0.15) is 6.54 Å². The van der Waals surface area contributed by atoms with Gasteiger partial charge in [-0.3, -0.25) is 9.59 Å². The van der Waals surface area contributed by atoms with Crippen molar-refractivity contribution in [2.75, 3.05) is 32.6 Å². The van der Waals surface area contributed by atoms with E-state index in [0.29, 0.717) is 24.2 Å². The summed E-state index contributed by atoms with van der Waals surface area (Å²) in [7, 11) is 1.52. The van der Waals surface area contributed by atoms with Gasteiger partial charge in [-0.05, 0) is 5.25 Å². The molecule has 1 N–H and O–H groups in total. The van der Waals surface area contributed by atoms with Crippen molar-refractivity contribution in [3.63, 3.8) is 0 Å². The molecule has 16 heavy (non-hydrogen) atoms. The van der Waals surface area contributed by atoms with E-state index in [2.05, 4.69) is 0 Å². The van der Waals surface area contributed by atoms with Crippen LogP contribution in [0.15, 0.2) is 0 Å². The Morgan fingerprint density at radius 2 is 2.06 bits per heavy atom. The van der Waals surface area contributed by atoms with Gasteiger partial charge in [-0.25, -0.2) is 0 Å². The van der Waals surface area contributed by atoms with Crippen LogP contribution in [0.1, 0.15) is 13.8 Å². The van der Waals surface area contributed by atoms with Crippen LogP contribution in [-0.2, 0) is 14.3 Å². The largest absolute Gasteiger partial charge is 0.480 e. The summed E-state index contributed by atoms with van der Waals surface area (Å²) in [6, 6.07) is 0. The maximum atomic E-state index is 11.7. The van der Waals surface area contributed by atoms with Gasteiger partial charge in [-0.1, -0.05) is 13.8 Å². The molecule has 0 saturated heterocycles. The van der Waals surface area contributed by atoms with Crippen LogP contribution in [0.25, 0.3) is 0 Å². The minimum absolute atomic E-state index is 0.154. The zero-order chi connectivity index (χ0) is 12.6. The average Bonchev–Trinajstić information content (AvgIpc) is 2.20. The van der Waals surface area contributed by atoms with Gasteiger partial charge in [0.05, 0.1) is 12.4 Å². The Labute approximate surface area is 100 Å². The minimum Gasteiger partial charge on any atom is -0.480 e. The molecular weight excluding hydrogens is 230 g/mol. The van der Waals surface area contributed by atoms with Gasteiger partial charge in [0.25, 0.3) is 0 Å². The molecule has 6 heteroatoms. The third kappa shape index (κ3) is 7.53. The van der Waals surface area contributed by atoms with E-state index in [1.165, 1.54) is 23.8 Å².